The lowest BCUT2D eigenvalue weighted by atomic mass is 11.1. The fraction of sp³-hybridized carbons (Fsp3) is 0. The first kappa shape index (κ1) is 11.5. The van der Waals surface area contributed by atoms with Crippen LogP contribution in [0.3, 0.4) is 0 Å². The molecule has 0 amide bonds. The van der Waals surface area contributed by atoms with Crippen molar-refractivity contribution in [1.82, 2.24) is 15.0 Å². The fourth-order valence-electron chi connectivity index (χ4n) is 0.653. The molecule has 0 aliphatic heterocycles. The van der Waals surface area contributed by atoms with Gasteiger partial charge in [0.25, 0.3) is 30.9 Å². The third-order valence-corrected chi connectivity index (χ3v) is 2.79. The number of H-pyrrole nitrogens is 3. The van der Waals surface area contributed by atoms with Gasteiger partial charge in [0.1, 0.15) is 0 Å². The van der Waals surface area contributed by atoms with Crippen LogP contribution in [0.25, 0.3) is 0 Å². The number of hydrogen-bond acceptors (Lipinski definition) is 6. The zero-order chi connectivity index (χ0) is 11.6. The molecule has 0 fully saturated rings. The molecule has 0 bridgehead atoms. The van der Waals surface area contributed by atoms with Crippen LogP contribution in [0.1, 0.15) is 0 Å². The fourth-order valence-corrected chi connectivity index (χ4v) is 1.96. The van der Waals surface area contributed by atoms with E-state index < -0.39 is 45.2 Å². The molecule has 0 spiro atoms. The van der Waals surface area contributed by atoms with E-state index in [0.717, 1.165) is 0 Å². The Morgan fingerprint density at radius 3 is 0.867 bits per heavy atom. The molecule has 0 unspecified atom stereocenters. The molecular weight excluding hydrogens is 270 g/mol. The molecular formula is C3H3N3O6S3. The molecule has 1 aromatic rings. The largest absolute Gasteiger partial charge is 0.302 e. The predicted octanol–water partition coefficient (Wildman–Crippen LogP) is -2.10. The molecule has 1 aromatic heterocycles. The Balaban J connectivity index is 4.50. The standard InChI is InChI=1S/C3H3N3O6S3/c7-13(8)1-4-2(14(9)10)6-3(5-1)15(11)12/h4-6H. The van der Waals surface area contributed by atoms with E-state index in [1.165, 1.54) is 0 Å². The Bertz CT molecular complexity index is 733. The second-order valence-corrected chi connectivity index (χ2v) is 4.70. The molecule has 12 heteroatoms. The highest BCUT2D eigenvalue weighted by Gasteiger charge is 1.90. The lowest BCUT2D eigenvalue weighted by molar-refractivity contribution is 0.621. The summed E-state index contributed by atoms with van der Waals surface area (Å²) in [4.78, 5) is 5.79. The van der Waals surface area contributed by atoms with Crippen molar-refractivity contribution < 1.29 is 25.3 Å². The molecule has 84 valence electrons. The maximum absolute atomic E-state index is 10.5. The predicted molar refractivity (Wildman–Crippen MR) is 46.0 cm³/mol. The van der Waals surface area contributed by atoms with Crippen LogP contribution in [-0.4, -0.2) is 40.2 Å². The first-order valence-electron chi connectivity index (χ1n) is 3.11. The van der Waals surface area contributed by atoms with E-state index in [1.54, 1.807) is 0 Å². The van der Waals surface area contributed by atoms with Crippen LogP contribution in [0.4, 0.5) is 0 Å². The SMILES string of the molecule is O=S(=O)=c1[nH]c(=S(=O)=O)[nH]c(=S(=O)=O)[nH]1. The molecule has 0 saturated heterocycles. The van der Waals surface area contributed by atoms with Gasteiger partial charge in [-0.15, -0.1) is 0 Å². The van der Waals surface area contributed by atoms with Gasteiger partial charge in [0.2, 0.25) is 14.3 Å². The summed E-state index contributed by atoms with van der Waals surface area (Å²) in [7, 11) is -8.43. The second kappa shape index (κ2) is 4.33. The van der Waals surface area contributed by atoms with E-state index in [4.69, 9.17) is 0 Å². The van der Waals surface area contributed by atoms with E-state index >= 15 is 0 Å². The van der Waals surface area contributed by atoms with Crippen molar-refractivity contribution in [2.45, 2.75) is 0 Å². The van der Waals surface area contributed by atoms with Crippen molar-refractivity contribution >= 4 is 30.9 Å². The summed E-state index contributed by atoms with van der Waals surface area (Å²) in [5.41, 5.74) is 0. The normalized spacial score (nSPS) is 9.60. The van der Waals surface area contributed by atoms with Crippen molar-refractivity contribution in [3.63, 3.8) is 0 Å². The topological polar surface area (TPSA) is 150 Å². The van der Waals surface area contributed by atoms with E-state index in [9.17, 15) is 25.3 Å². The van der Waals surface area contributed by atoms with Crippen molar-refractivity contribution in [2.24, 2.45) is 0 Å². The number of nitrogens with one attached hydrogen (secondary N) is 3. The molecule has 0 atom stereocenters. The van der Waals surface area contributed by atoms with Gasteiger partial charge in [-0.1, -0.05) is 0 Å². The summed E-state index contributed by atoms with van der Waals surface area (Å²) in [5, 5.41) is 0. The summed E-state index contributed by atoms with van der Waals surface area (Å²) in [6, 6.07) is 0. The van der Waals surface area contributed by atoms with Gasteiger partial charge in [0.05, 0.1) is 0 Å². The maximum Gasteiger partial charge on any atom is 0.256 e. The molecule has 1 heterocycles. The monoisotopic (exact) mass is 273 g/mol. The summed E-state index contributed by atoms with van der Waals surface area (Å²) in [6.45, 7) is 0. The van der Waals surface area contributed by atoms with Gasteiger partial charge < -0.3 is 15.0 Å². The molecule has 3 N–H and O–H groups in total. The zero-order valence-corrected chi connectivity index (χ0v) is 9.12. The van der Waals surface area contributed by atoms with Crippen LogP contribution in [0.5, 0.6) is 0 Å². The van der Waals surface area contributed by atoms with E-state index in [-0.39, 0.29) is 0 Å². The quantitative estimate of drug-likeness (QED) is 0.461. The lowest BCUT2D eigenvalue weighted by Gasteiger charge is -1.84. The first-order valence-corrected chi connectivity index (χ1v) is 6.34. The molecule has 9 nitrogen and oxygen atoms in total. The molecule has 15 heavy (non-hydrogen) atoms. The molecule has 0 radical (unpaired) electrons. The molecule has 0 aromatic carbocycles. The number of aromatic amines is 3. The smallest absolute Gasteiger partial charge is 0.256 e. The van der Waals surface area contributed by atoms with E-state index in [0.29, 0.717) is 0 Å². The van der Waals surface area contributed by atoms with Gasteiger partial charge in [-0.05, 0) is 0 Å². The highest BCUT2D eigenvalue weighted by atomic mass is 32.2. The van der Waals surface area contributed by atoms with Crippen molar-refractivity contribution in [3.05, 3.63) is 14.3 Å². The van der Waals surface area contributed by atoms with Crippen LogP contribution >= 0.6 is 0 Å². The highest BCUT2D eigenvalue weighted by Crippen LogP contribution is 1.76. The third-order valence-electron chi connectivity index (χ3n) is 1.18. The van der Waals surface area contributed by atoms with E-state index in [2.05, 4.69) is 0 Å². The van der Waals surface area contributed by atoms with Gasteiger partial charge >= 0.3 is 0 Å². The molecule has 0 saturated carbocycles. The first-order chi connectivity index (χ1) is 6.91. The minimum absolute atomic E-state index is 0.674. The molecule has 1 rings (SSSR count). The Morgan fingerprint density at radius 2 is 0.733 bits per heavy atom. The van der Waals surface area contributed by atoms with Gasteiger partial charge in [0, 0.05) is 0 Å². The molecule has 0 aliphatic carbocycles. The van der Waals surface area contributed by atoms with E-state index in [1.807, 2.05) is 15.0 Å². The van der Waals surface area contributed by atoms with Gasteiger partial charge in [-0.25, -0.2) is 0 Å². The minimum atomic E-state index is -2.81. The summed E-state index contributed by atoms with van der Waals surface area (Å²) in [5.74, 6) is 0. The Kier molecular flexibility index (Phi) is 3.33. The van der Waals surface area contributed by atoms with Crippen LogP contribution in [0.15, 0.2) is 0 Å². The van der Waals surface area contributed by atoms with Crippen LogP contribution in [0, 0.1) is 14.3 Å². The Morgan fingerprint density at radius 1 is 0.533 bits per heavy atom. The van der Waals surface area contributed by atoms with Crippen molar-refractivity contribution in [2.75, 3.05) is 0 Å². The van der Waals surface area contributed by atoms with Gasteiger partial charge in [-0.3, -0.25) is 0 Å². The van der Waals surface area contributed by atoms with Gasteiger partial charge in [0.15, 0.2) is 0 Å². The summed E-state index contributed by atoms with van der Waals surface area (Å²) < 4.78 is 60.8. The summed E-state index contributed by atoms with van der Waals surface area (Å²) in [6.07, 6.45) is 0. The zero-order valence-electron chi connectivity index (χ0n) is 6.67. The average molecular weight is 273 g/mol. The van der Waals surface area contributed by atoms with Crippen molar-refractivity contribution in [3.8, 4) is 0 Å². The van der Waals surface area contributed by atoms with Crippen molar-refractivity contribution in [1.29, 1.82) is 0 Å². The second-order valence-electron chi connectivity index (χ2n) is 2.07. The maximum atomic E-state index is 10.5. The van der Waals surface area contributed by atoms with Gasteiger partial charge in [-0.2, -0.15) is 25.3 Å². The molecule has 0 aliphatic rings. The minimum Gasteiger partial charge on any atom is -0.302 e. The number of hydrogen-bond donors (Lipinski definition) is 3. The Labute approximate surface area is 85.7 Å². The van der Waals surface area contributed by atoms with Crippen LogP contribution in [0.2, 0.25) is 0 Å². The third kappa shape index (κ3) is 2.71. The lowest BCUT2D eigenvalue weighted by Crippen LogP contribution is -1.94. The highest BCUT2D eigenvalue weighted by molar-refractivity contribution is 7.64. The van der Waals surface area contributed by atoms with Crippen LogP contribution in [-0.2, 0) is 30.9 Å². The average Bonchev–Trinajstić information content (AvgIpc) is 2.16. The summed E-state index contributed by atoms with van der Waals surface area (Å²) >= 11 is 0. The van der Waals surface area contributed by atoms with Crippen LogP contribution < -0.4 is 0 Å². The Hall–Kier alpha value is -1.53. The number of rotatable bonds is 0. The number of aromatic nitrogens is 3.